The molecule has 0 bridgehead atoms. The quantitative estimate of drug-likeness (QED) is 0.907. The number of nitrogens with zero attached hydrogens (tertiary/aromatic N) is 2. The van der Waals surface area contributed by atoms with Crippen LogP contribution in [-0.4, -0.2) is 47.9 Å². The third-order valence-corrected chi connectivity index (χ3v) is 4.32. The first-order chi connectivity index (χ1) is 11.1. The highest BCUT2D eigenvalue weighted by atomic mass is 16.2. The second-order valence-electron chi connectivity index (χ2n) is 5.92. The van der Waals surface area contributed by atoms with Crippen LogP contribution in [0, 0.1) is 0 Å². The topological polar surface area (TPSA) is 52.7 Å². The van der Waals surface area contributed by atoms with Crippen molar-refractivity contribution in [1.82, 2.24) is 9.80 Å². The number of rotatable bonds is 5. The van der Waals surface area contributed by atoms with Gasteiger partial charge in [-0.2, -0.15) is 0 Å². The third kappa shape index (κ3) is 4.98. The molecule has 1 heterocycles. The van der Waals surface area contributed by atoms with Crippen molar-refractivity contribution in [3.63, 3.8) is 0 Å². The van der Waals surface area contributed by atoms with E-state index in [9.17, 15) is 9.59 Å². The van der Waals surface area contributed by atoms with Gasteiger partial charge < -0.3 is 15.1 Å². The first kappa shape index (κ1) is 17.3. The monoisotopic (exact) mass is 317 g/mol. The zero-order valence-electron chi connectivity index (χ0n) is 14.2. The van der Waals surface area contributed by atoms with Gasteiger partial charge in [-0.05, 0) is 50.8 Å². The summed E-state index contributed by atoms with van der Waals surface area (Å²) < 4.78 is 0. The van der Waals surface area contributed by atoms with E-state index in [2.05, 4.69) is 5.32 Å². The standard InChI is InChI=1S/C18H27N3O2/c1-3-20(4-2)18(23)19-16-10-8-15(9-11-16)14-17(22)21-12-6-5-7-13-21/h8-11H,3-7,12-14H2,1-2H3,(H,19,23). The molecule has 0 unspecified atom stereocenters. The first-order valence-corrected chi connectivity index (χ1v) is 8.56. The van der Waals surface area contributed by atoms with E-state index in [0.29, 0.717) is 19.5 Å². The van der Waals surface area contributed by atoms with Crippen molar-refractivity contribution in [3.05, 3.63) is 29.8 Å². The molecule has 1 aliphatic heterocycles. The molecule has 1 N–H and O–H groups in total. The molecule has 5 nitrogen and oxygen atoms in total. The fraction of sp³-hybridized carbons (Fsp3) is 0.556. The SMILES string of the molecule is CCN(CC)C(=O)Nc1ccc(CC(=O)N2CCCCC2)cc1. The van der Waals surface area contributed by atoms with Crippen LogP contribution in [0.4, 0.5) is 10.5 Å². The van der Waals surface area contributed by atoms with Crippen molar-refractivity contribution >= 4 is 17.6 Å². The molecule has 1 aromatic rings. The van der Waals surface area contributed by atoms with Crippen LogP contribution in [0.1, 0.15) is 38.7 Å². The van der Waals surface area contributed by atoms with Gasteiger partial charge in [-0.25, -0.2) is 4.79 Å². The number of benzene rings is 1. The summed E-state index contributed by atoms with van der Waals surface area (Å²) in [7, 11) is 0. The van der Waals surface area contributed by atoms with Crippen LogP contribution in [0.15, 0.2) is 24.3 Å². The average molecular weight is 317 g/mol. The number of amides is 3. The normalized spacial score (nSPS) is 14.4. The molecule has 0 spiro atoms. The summed E-state index contributed by atoms with van der Waals surface area (Å²) in [4.78, 5) is 27.9. The van der Waals surface area contributed by atoms with Crippen molar-refractivity contribution in [2.45, 2.75) is 39.5 Å². The van der Waals surface area contributed by atoms with Crippen molar-refractivity contribution in [1.29, 1.82) is 0 Å². The Hall–Kier alpha value is -2.04. The molecule has 126 valence electrons. The molecule has 1 fully saturated rings. The molecular formula is C18H27N3O2. The number of piperidine rings is 1. The number of likely N-dealkylation sites (tertiary alicyclic amines) is 1. The zero-order chi connectivity index (χ0) is 16.7. The summed E-state index contributed by atoms with van der Waals surface area (Å²) in [5.41, 5.74) is 1.75. The molecule has 0 saturated carbocycles. The lowest BCUT2D eigenvalue weighted by Crippen LogP contribution is -2.36. The fourth-order valence-electron chi connectivity index (χ4n) is 2.85. The van der Waals surface area contributed by atoms with Crippen LogP contribution in [0.3, 0.4) is 0 Å². The van der Waals surface area contributed by atoms with Gasteiger partial charge in [0, 0.05) is 31.9 Å². The van der Waals surface area contributed by atoms with Gasteiger partial charge in [-0.3, -0.25) is 4.79 Å². The Kier molecular flexibility index (Phi) is 6.44. The largest absolute Gasteiger partial charge is 0.342 e. The second kappa shape index (κ2) is 8.56. The van der Waals surface area contributed by atoms with Crippen LogP contribution in [0.2, 0.25) is 0 Å². The molecule has 1 aliphatic rings. The maximum Gasteiger partial charge on any atom is 0.321 e. The minimum Gasteiger partial charge on any atom is -0.342 e. The summed E-state index contributed by atoms with van der Waals surface area (Å²) in [5.74, 6) is 0.199. The fourth-order valence-corrected chi connectivity index (χ4v) is 2.85. The number of nitrogens with one attached hydrogen (secondary N) is 1. The Morgan fingerprint density at radius 2 is 1.65 bits per heavy atom. The number of carbonyl (C=O) groups is 2. The summed E-state index contributed by atoms with van der Waals surface area (Å²) >= 11 is 0. The third-order valence-electron chi connectivity index (χ3n) is 4.32. The number of urea groups is 1. The molecule has 3 amide bonds. The minimum atomic E-state index is -0.0906. The molecular weight excluding hydrogens is 290 g/mol. The minimum absolute atomic E-state index is 0.0906. The molecule has 0 atom stereocenters. The molecule has 0 radical (unpaired) electrons. The lowest BCUT2D eigenvalue weighted by Gasteiger charge is -2.26. The number of carbonyl (C=O) groups excluding carboxylic acids is 2. The number of hydrogen-bond acceptors (Lipinski definition) is 2. The molecule has 1 saturated heterocycles. The van der Waals surface area contributed by atoms with E-state index in [4.69, 9.17) is 0 Å². The van der Waals surface area contributed by atoms with Gasteiger partial charge in [0.2, 0.25) is 5.91 Å². The van der Waals surface area contributed by atoms with Gasteiger partial charge in [0.25, 0.3) is 0 Å². The van der Waals surface area contributed by atoms with E-state index in [0.717, 1.165) is 37.2 Å². The highest BCUT2D eigenvalue weighted by molar-refractivity contribution is 5.89. The van der Waals surface area contributed by atoms with E-state index in [1.165, 1.54) is 6.42 Å². The van der Waals surface area contributed by atoms with Gasteiger partial charge in [0.05, 0.1) is 6.42 Å². The Balaban J connectivity index is 1.89. The van der Waals surface area contributed by atoms with Gasteiger partial charge in [-0.1, -0.05) is 12.1 Å². The van der Waals surface area contributed by atoms with Crippen LogP contribution in [0.5, 0.6) is 0 Å². The van der Waals surface area contributed by atoms with E-state index in [1.807, 2.05) is 43.0 Å². The van der Waals surface area contributed by atoms with Crippen molar-refractivity contribution < 1.29 is 9.59 Å². The van der Waals surface area contributed by atoms with Crippen LogP contribution >= 0.6 is 0 Å². The summed E-state index contributed by atoms with van der Waals surface area (Å²) in [6, 6.07) is 7.46. The van der Waals surface area contributed by atoms with E-state index >= 15 is 0 Å². The zero-order valence-corrected chi connectivity index (χ0v) is 14.2. The van der Waals surface area contributed by atoms with Crippen molar-refractivity contribution in [2.24, 2.45) is 0 Å². The van der Waals surface area contributed by atoms with E-state index in [-0.39, 0.29) is 11.9 Å². The predicted octanol–water partition coefficient (Wildman–Crippen LogP) is 3.12. The molecule has 23 heavy (non-hydrogen) atoms. The Bertz CT molecular complexity index is 518. The molecule has 0 aliphatic carbocycles. The van der Waals surface area contributed by atoms with Crippen LogP contribution in [-0.2, 0) is 11.2 Å². The molecule has 2 rings (SSSR count). The maximum absolute atomic E-state index is 12.2. The Morgan fingerprint density at radius 1 is 1.04 bits per heavy atom. The predicted molar refractivity (Wildman–Crippen MR) is 92.5 cm³/mol. The highest BCUT2D eigenvalue weighted by Gasteiger charge is 2.16. The van der Waals surface area contributed by atoms with E-state index < -0.39 is 0 Å². The lowest BCUT2D eigenvalue weighted by atomic mass is 10.1. The summed E-state index contributed by atoms with van der Waals surface area (Å²) in [5, 5.41) is 2.88. The van der Waals surface area contributed by atoms with Gasteiger partial charge in [-0.15, -0.1) is 0 Å². The van der Waals surface area contributed by atoms with Gasteiger partial charge in [0.15, 0.2) is 0 Å². The van der Waals surface area contributed by atoms with Gasteiger partial charge >= 0.3 is 6.03 Å². The number of anilines is 1. The highest BCUT2D eigenvalue weighted by Crippen LogP contribution is 2.14. The molecule has 1 aromatic carbocycles. The lowest BCUT2D eigenvalue weighted by molar-refractivity contribution is -0.131. The van der Waals surface area contributed by atoms with Crippen molar-refractivity contribution in [2.75, 3.05) is 31.5 Å². The van der Waals surface area contributed by atoms with Gasteiger partial charge in [0.1, 0.15) is 0 Å². The van der Waals surface area contributed by atoms with Crippen LogP contribution in [0.25, 0.3) is 0 Å². The smallest absolute Gasteiger partial charge is 0.321 e. The van der Waals surface area contributed by atoms with E-state index in [1.54, 1.807) is 4.90 Å². The maximum atomic E-state index is 12.2. The second-order valence-corrected chi connectivity index (χ2v) is 5.92. The first-order valence-electron chi connectivity index (χ1n) is 8.56. The Morgan fingerprint density at radius 3 is 2.22 bits per heavy atom. The van der Waals surface area contributed by atoms with Crippen LogP contribution < -0.4 is 5.32 Å². The van der Waals surface area contributed by atoms with Crippen molar-refractivity contribution in [3.8, 4) is 0 Å². The molecule has 0 aromatic heterocycles. The Labute approximate surface area is 138 Å². The average Bonchev–Trinajstić information content (AvgIpc) is 2.58. The molecule has 5 heteroatoms. The summed E-state index contributed by atoms with van der Waals surface area (Å²) in [6.45, 7) is 7.06. The summed E-state index contributed by atoms with van der Waals surface area (Å²) in [6.07, 6.45) is 3.89. The number of hydrogen-bond donors (Lipinski definition) is 1.